The summed E-state index contributed by atoms with van der Waals surface area (Å²) in [6.45, 7) is 4.35. The van der Waals surface area contributed by atoms with Gasteiger partial charge in [0.15, 0.2) is 5.82 Å². The molecule has 78 valence electrons. The summed E-state index contributed by atoms with van der Waals surface area (Å²) in [6, 6.07) is 0. The lowest BCUT2D eigenvalue weighted by Crippen LogP contribution is -2.28. The largest absolute Gasteiger partial charge is 0.394 e. The molecule has 0 aromatic carbocycles. The fraction of sp³-hybridized carbons (Fsp3) is 0.556. The second kappa shape index (κ2) is 5.39. The summed E-state index contributed by atoms with van der Waals surface area (Å²) in [4.78, 5) is 10.0. The Morgan fingerprint density at radius 3 is 2.93 bits per heavy atom. The minimum Gasteiger partial charge on any atom is -0.394 e. The van der Waals surface area contributed by atoms with Crippen LogP contribution in [0.1, 0.15) is 6.92 Å². The van der Waals surface area contributed by atoms with Crippen LogP contribution < -0.4 is 10.6 Å². The summed E-state index contributed by atoms with van der Waals surface area (Å²) in [7, 11) is 1.68. The van der Waals surface area contributed by atoms with Gasteiger partial charge in [-0.2, -0.15) is 0 Å². The maximum atomic E-state index is 5.76. The number of nitrogens with two attached hydrogens (primary N) is 1. The van der Waals surface area contributed by atoms with Gasteiger partial charge >= 0.3 is 0 Å². The zero-order chi connectivity index (χ0) is 10.4. The molecule has 0 radical (unpaired) electrons. The Balaban J connectivity index is 2.73. The first-order chi connectivity index (χ1) is 6.79. The summed E-state index contributed by atoms with van der Waals surface area (Å²) in [6.07, 6.45) is 3.11. The molecule has 0 bridgehead atoms. The monoisotopic (exact) mass is 196 g/mol. The summed E-state index contributed by atoms with van der Waals surface area (Å²) < 4.78 is 5.01. The molecular weight excluding hydrogens is 180 g/mol. The molecule has 1 aromatic heterocycles. The van der Waals surface area contributed by atoms with Crippen LogP contribution in [0.4, 0.5) is 11.5 Å². The van der Waals surface area contributed by atoms with E-state index in [1.807, 2.05) is 0 Å². The van der Waals surface area contributed by atoms with Crippen LogP contribution in [-0.4, -0.2) is 36.8 Å². The smallest absolute Gasteiger partial charge is 0.155 e. The standard InChI is InChI=1S/C9H16N4O/c1-3-13(4-5-14-2)9-8(10)6-11-7-12-9/h6-7H,3-5,10H2,1-2H3. The Bertz CT molecular complexity index is 279. The number of anilines is 2. The van der Waals surface area contributed by atoms with Gasteiger partial charge in [-0.05, 0) is 6.92 Å². The van der Waals surface area contributed by atoms with Gasteiger partial charge in [0.25, 0.3) is 0 Å². The summed E-state index contributed by atoms with van der Waals surface area (Å²) >= 11 is 0. The van der Waals surface area contributed by atoms with Crippen LogP contribution in [-0.2, 0) is 4.74 Å². The van der Waals surface area contributed by atoms with E-state index in [-0.39, 0.29) is 0 Å². The van der Waals surface area contributed by atoms with Gasteiger partial charge in [0.2, 0.25) is 0 Å². The minimum absolute atomic E-state index is 0.602. The molecule has 5 heteroatoms. The van der Waals surface area contributed by atoms with Crippen LogP contribution in [0.15, 0.2) is 12.5 Å². The Morgan fingerprint density at radius 2 is 2.36 bits per heavy atom. The van der Waals surface area contributed by atoms with E-state index in [1.54, 1.807) is 13.3 Å². The van der Waals surface area contributed by atoms with Gasteiger partial charge in [-0.3, -0.25) is 0 Å². The number of aromatic nitrogens is 2. The number of likely N-dealkylation sites (N-methyl/N-ethyl adjacent to an activating group) is 1. The van der Waals surface area contributed by atoms with E-state index in [1.165, 1.54) is 6.33 Å². The van der Waals surface area contributed by atoms with E-state index in [4.69, 9.17) is 10.5 Å². The molecular formula is C9H16N4O. The highest BCUT2D eigenvalue weighted by molar-refractivity contribution is 5.60. The van der Waals surface area contributed by atoms with Crippen molar-refractivity contribution in [2.75, 3.05) is 37.4 Å². The highest BCUT2D eigenvalue weighted by Crippen LogP contribution is 2.16. The molecule has 0 aliphatic carbocycles. The predicted octanol–water partition coefficient (Wildman–Crippen LogP) is 0.531. The lowest BCUT2D eigenvalue weighted by atomic mass is 10.4. The first-order valence-corrected chi connectivity index (χ1v) is 4.59. The predicted molar refractivity (Wildman–Crippen MR) is 56.2 cm³/mol. The van der Waals surface area contributed by atoms with Crippen molar-refractivity contribution >= 4 is 11.5 Å². The van der Waals surface area contributed by atoms with Gasteiger partial charge in [-0.1, -0.05) is 0 Å². The lowest BCUT2D eigenvalue weighted by Gasteiger charge is -2.22. The molecule has 1 rings (SSSR count). The first-order valence-electron chi connectivity index (χ1n) is 4.59. The first kappa shape index (κ1) is 10.7. The molecule has 0 atom stereocenters. The van der Waals surface area contributed by atoms with Crippen molar-refractivity contribution in [1.29, 1.82) is 0 Å². The van der Waals surface area contributed by atoms with Crippen molar-refractivity contribution in [3.05, 3.63) is 12.5 Å². The molecule has 0 saturated heterocycles. The molecule has 0 aliphatic rings. The van der Waals surface area contributed by atoms with Crippen molar-refractivity contribution in [3.8, 4) is 0 Å². The zero-order valence-corrected chi connectivity index (χ0v) is 8.60. The van der Waals surface area contributed by atoms with Gasteiger partial charge in [-0.15, -0.1) is 0 Å². The van der Waals surface area contributed by atoms with Gasteiger partial charge < -0.3 is 15.4 Å². The highest BCUT2D eigenvalue weighted by atomic mass is 16.5. The second-order valence-electron chi connectivity index (χ2n) is 2.87. The fourth-order valence-corrected chi connectivity index (χ4v) is 1.21. The van der Waals surface area contributed by atoms with Crippen molar-refractivity contribution in [2.24, 2.45) is 0 Å². The topological polar surface area (TPSA) is 64.3 Å². The third kappa shape index (κ3) is 2.56. The minimum atomic E-state index is 0.602. The molecule has 0 unspecified atom stereocenters. The molecule has 1 heterocycles. The number of hydrogen-bond donors (Lipinski definition) is 1. The van der Waals surface area contributed by atoms with E-state index in [2.05, 4.69) is 21.8 Å². The van der Waals surface area contributed by atoms with Crippen LogP contribution in [0.25, 0.3) is 0 Å². The van der Waals surface area contributed by atoms with Crippen LogP contribution in [0.2, 0.25) is 0 Å². The number of nitrogen functional groups attached to an aromatic ring is 1. The van der Waals surface area contributed by atoms with Gasteiger partial charge in [0.1, 0.15) is 6.33 Å². The number of hydrogen-bond acceptors (Lipinski definition) is 5. The van der Waals surface area contributed by atoms with Gasteiger partial charge in [-0.25, -0.2) is 9.97 Å². The zero-order valence-electron chi connectivity index (χ0n) is 8.60. The van der Waals surface area contributed by atoms with Crippen LogP contribution in [0.3, 0.4) is 0 Å². The van der Waals surface area contributed by atoms with Crippen LogP contribution >= 0.6 is 0 Å². The third-order valence-corrected chi connectivity index (χ3v) is 1.97. The Labute approximate surface area is 83.9 Å². The highest BCUT2D eigenvalue weighted by Gasteiger charge is 2.08. The molecule has 0 fully saturated rings. The van der Waals surface area contributed by atoms with E-state index in [9.17, 15) is 0 Å². The van der Waals surface area contributed by atoms with E-state index in [0.29, 0.717) is 12.3 Å². The average Bonchev–Trinajstić information content (AvgIpc) is 2.21. The van der Waals surface area contributed by atoms with Gasteiger partial charge in [0.05, 0.1) is 18.5 Å². The number of rotatable bonds is 5. The second-order valence-corrected chi connectivity index (χ2v) is 2.87. The molecule has 0 spiro atoms. The number of ether oxygens (including phenoxy) is 1. The molecule has 14 heavy (non-hydrogen) atoms. The number of nitrogens with zero attached hydrogens (tertiary/aromatic N) is 3. The summed E-state index contributed by atoms with van der Waals surface area (Å²) in [5, 5.41) is 0. The average molecular weight is 196 g/mol. The van der Waals surface area contributed by atoms with Crippen molar-refractivity contribution in [3.63, 3.8) is 0 Å². The molecule has 0 amide bonds. The Hall–Kier alpha value is -1.36. The molecule has 0 aliphatic heterocycles. The molecule has 2 N–H and O–H groups in total. The van der Waals surface area contributed by atoms with E-state index < -0.39 is 0 Å². The number of methoxy groups -OCH3 is 1. The summed E-state index contributed by atoms with van der Waals surface area (Å²) in [5.74, 6) is 0.777. The van der Waals surface area contributed by atoms with Crippen molar-refractivity contribution in [2.45, 2.75) is 6.92 Å². The normalized spacial score (nSPS) is 10.1. The van der Waals surface area contributed by atoms with Gasteiger partial charge in [0, 0.05) is 20.2 Å². The fourth-order valence-electron chi connectivity index (χ4n) is 1.21. The Morgan fingerprint density at radius 1 is 1.57 bits per heavy atom. The third-order valence-electron chi connectivity index (χ3n) is 1.97. The lowest BCUT2D eigenvalue weighted by molar-refractivity contribution is 0.205. The quantitative estimate of drug-likeness (QED) is 0.744. The maximum Gasteiger partial charge on any atom is 0.155 e. The van der Waals surface area contributed by atoms with E-state index in [0.717, 1.165) is 18.9 Å². The van der Waals surface area contributed by atoms with Crippen LogP contribution in [0, 0.1) is 0 Å². The molecule has 0 saturated carbocycles. The molecule has 5 nitrogen and oxygen atoms in total. The summed E-state index contributed by atoms with van der Waals surface area (Å²) in [5.41, 5.74) is 6.36. The molecule has 1 aromatic rings. The van der Waals surface area contributed by atoms with Crippen molar-refractivity contribution < 1.29 is 4.74 Å². The van der Waals surface area contributed by atoms with E-state index >= 15 is 0 Å². The maximum absolute atomic E-state index is 5.76. The van der Waals surface area contributed by atoms with Crippen molar-refractivity contribution in [1.82, 2.24) is 9.97 Å². The van der Waals surface area contributed by atoms with Crippen LogP contribution in [0.5, 0.6) is 0 Å². The Kier molecular flexibility index (Phi) is 4.12. The SMILES string of the molecule is CCN(CCOC)c1ncncc1N.